The molecule has 0 bridgehead atoms. The SMILES string of the molecule is Cc1nn(-c2ncccc2CN(C)C)cc1CN1CCC2(CC1)OCC(F)(F)c1cc(Cl)sc12.O=C(O)[C@H](O)[C@@H](O)C(=O)O. The predicted molar refractivity (Wildman–Crippen MR) is 156 cm³/mol. The third kappa shape index (κ3) is 7.42. The Labute approximate surface area is 261 Å². The summed E-state index contributed by atoms with van der Waals surface area (Å²) in [5.74, 6) is -5.68. The fourth-order valence-electron chi connectivity index (χ4n) is 5.16. The zero-order valence-electron chi connectivity index (χ0n) is 24.3. The van der Waals surface area contributed by atoms with Crippen molar-refractivity contribution in [2.24, 2.45) is 0 Å². The Balaban J connectivity index is 0.000000382. The third-order valence-electron chi connectivity index (χ3n) is 7.47. The zero-order chi connectivity index (χ0) is 32.4. The Morgan fingerprint density at radius 2 is 1.80 bits per heavy atom. The number of aliphatic hydroxyl groups excluding tert-OH is 2. The molecule has 2 aliphatic heterocycles. The van der Waals surface area contributed by atoms with Crippen LogP contribution in [0.1, 0.15) is 40.1 Å². The van der Waals surface area contributed by atoms with E-state index in [1.807, 2.05) is 31.8 Å². The summed E-state index contributed by atoms with van der Waals surface area (Å²) in [5, 5.41) is 37.3. The van der Waals surface area contributed by atoms with Crippen molar-refractivity contribution in [2.45, 2.75) is 56.6 Å². The van der Waals surface area contributed by atoms with Crippen LogP contribution in [0.3, 0.4) is 0 Å². The third-order valence-corrected chi connectivity index (χ3v) is 8.92. The van der Waals surface area contributed by atoms with Gasteiger partial charge in [0, 0.05) is 60.1 Å². The Morgan fingerprint density at radius 1 is 1.16 bits per heavy atom. The summed E-state index contributed by atoms with van der Waals surface area (Å²) in [6, 6.07) is 5.43. The average molecular weight is 658 g/mol. The number of aryl methyl sites for hydroxylation is 1. The van der Waals surface area contributed by atoms with Gasteiger partial charge in [0.1, 0.15) is 12.2 Å². The number of rotatable bonds is 8. The number of pyridine rings is 1. The summed E-state index contributed by atoms with van der Waals surface area (Å²) in [4.78, 5) is 29.2. The fraction of sp³-hybridized carbons (Fsp3) is 0.500. The number of alkyl halides is 2. The number of carboxylic acids is 2. The van der Waals surface area contributed by atoms with E-state index in [2.05, 4.69) is 27.0 Å². The van der Waals surface area contributed by atoms with E-state index in [4.69, 9.17) is 41.9 Å². The first kappa shape index (κ1) is 33.8. The number of aliphatic carboxylic acids is 2. The zero-order valence-corrected chi connectivity index (χ0v) is 25.9. The Bertz CT molecular complexity index is 1470. The molecule has 0 radical (unpaired) electrons. The van der Waals surface area contributed by atoms with Crippen molar-refractivity contribution in [1.29, 1.82) is 0 Å². The number of hydrogen-bond donors (Lipinski definition) is 4. The summed E-state index contributed by atoms with van der Waals surface area (Å²) in [7, 11) is 4.06. The number of carboxylic acid groups (broad SMARTS) is 2. The highest BCUT2D eigenvalue weighted by Crippen LogP contribution is 2.52. The van der Waals surface area contributed by atoms with Gasteiger partial charge in [-0.3, -0.25) is 4.90 Å². The lowest BCUT2D eigenvalue weighted by atomic mass is 9.84. The number of fused-ring (bicyclic) bond motifs is 2. The molecule has 16 heteroatoms. The maximum atomic E-state index is 14.4. The van der Waals surface area contributed by atoms with Crippen molar-refractivity contribution < 1.29 is 43.5 Å². The standard InChI is InChI=1S/C24H28ClF2N5OS.C4H6O6/c1-16-18(14-32(29-16)22-17(12-30(2)3)5-4-8-28-22)13-31-9-6-23(7-10-31)21-19(11-20(25)34-21)24(26,27)15-33-23;5-1(3(7)8)2(6)4(9)10/h4-5,8,11,14H,6-7,9-10,12-13,15H2,1-3H3;1-2,5-6H,(H,7,8)(H,9,10)/t;1-,2-/m.1/s1. The Morgan fingerprint density at radius 3 is 2.39 bits per heavy atom. The fourth-order valence-corrected chi connectivity index (χ4v) is 6.64. The number of thiophene rings is 1. The van der Waals surface area contributed by atoms with Crippen molar-refractivity contribution in [3.63, 3.8) is 0 Å². The maximum absolute atomic E-state index is 14.4. The second kappa shape index (κ2) is 13.5. The molecule has 5 rings (SSSR count). The number of ether oxygens (including phenoxy) is 1. The highest BCUT2D eigenvalue weighted by Gasteiger charge is 2.51. The molecule has 3 aromatic heterocycles. The molecule has 240 valence electrons. The molecule has 2 atom stereocenters. The topological polar surface area (TPSA) is 161 Å². The lowest BCUT2D eigenvalue weighted by Gasteiger charge is -2.45. The quantitative estimate of drug-likeness (QED) is 0.282. The molecular weight excluding hydrogens is 624 g/mol. The second-order valence-corrected chi connectivity index (χ2v) is 12.7. The first-order valence-corrected chi connectivity index (χ1v) is 14.8. The van der Waals surface area contributed by atoms with E-state index in [-0.39, 0.29) is 5.56 Å². The van der Waals surface area contributed by atoms with Crippen molar-refractivity contribution in [1.82, 2.24) is 24.6 Å². The number of halogens is 3. The van der Waals surface area contributed by atoms with Crippen LogP contribution >= 0.6 is 22.9 Å². The van der Waals surface area contributed by atoms with Crippen LogP contribution in [0.4, 0.5) is 8.78 Å². The predicted octanol–water partition coefficient (Wildman–Crippen LogP) is 2.84. The van der Waals surface area contributed by atoms with Gasteiger partial charge in [-0.2, -0.15) is 13.9 Å². The summed E-state index contributed by atoms with van der Waals surface area (Å²) in [6.07, 6.45) is 0.625. The maximum Gasteiger partial charge on any atom is 0.335 e. The average Bonchev–Trinajstić information content (AvgIpc) is 3.55. The molecule has 5 heterocycles. The highest BCUT2D eigenvalue weighted by atomic mass is 35.5. The van der Waals surface area contributed by atoms with Crippen LogP contribution in [0.2, 0.25) is 4.34 Å². The van der Waals surface area contributed by atoms with Crippen LogP contribution in [0.25, 0.3) is 5.82 Å². The van der Waals surface area contributed by atoms with Gasteiger partial charge in [-0.1, -0.05) is 17.7 Å². The minimum atomic E-state index is -2.98. The van der Waals surface area contributed by atoms with Crippen LogP contribution < -0.4 is 0 Å². The lowest BCUT2D eigenvalue weighted by molar-refractivity contribution is -0.182. The van der Waals surface area contributed by atoms with Crippen molar-refractivity contribution in [3.05, 3.63) is 62.2 Å². The van der Waals surface area contributed by atoms with E-state index in [9.17, 15) is 18.4 Å². The molecule has 2 aliphatic rings. The minimum absolute atomic E-state index is 0.0446. The van der Waals surface area contributed by atoms with Crippen LogP contribution in [-0.4, -0.2) is 103 Å². The summed E-state index contributed by atoms with van der Waals surface area (Å²) < 4.78 is 36.9. The van der Waals surface area contributed by atoms with E-state index >= 15 is 0 Å². The van der Waals surface area contributed by atoms with Gasteiger partial charge < -0.3 is 30.1 Å². The van der Waals surface area contributed by atoms with E-state index in [0.29, 0.717) is 22.1 Å². The molecule has 1 spiro atoms. The molecular formula is C28H34ClF2N5O7S. The molecule has 3 aromatic rings. The molecule has 0 amide bonds. The van der Waals surface area contributed by atoms with Crippen LogP contribution in [0, 0.1) is 6.92 Å². The van der Waals surface area contributed by atoms with E-state index in [0.717, 1.165) is 48.8 Å². The number of aliphatic hydroxyl groups is 2. The van der Waals surface area contributed by atoms with Crippen LogP contribution in [0.5, 0.6) is 0 Å². The van der Waals surface area contributed by atoms with E-state index < -0.39 is 42.3 Å². The van der Waals surface area contributed by atoms with Crippen LogP contribution in [0.15, 0.2) is 30.6 Å². The van der Waals surface area contributed by atoms with Gasteiger partial charge in [0.25, 0.3) is 5.92 Å². The smallest absolute Gasteiger partial charge is 0.335 e. The molecule has 0 unspecified atom stereocenters. The molecule has 1 fully saturated rings. The Kier molecular flexibility index (Phi) is 10.4. The van der Waals surface area contributed by atoms with Gasteiger partial charge in [-0.25, -0.2) is 19.3 Å². The number of hydrogen-bond acceptors (Lipinski definition) is 10. The molecule has 4 N–H and O–H groups in total. The van der Waals surface area contributed by atoms with Crippen molar-refractivity contribution >= 4 is 34.9 Å². The molecule has 0 aliphatic carbocycles. The largest absolute Gasteiger partial charge is 0.479 e. The molecule has 0 aromatic carbocycles. The van der Waals surface area contributed by atoms with Crippen LogP contribution in [-0.2, 0) is 38.9 Å². The van der Waals surface area contributed by atoms with Gasteiger partial charge in [0.2, 0.25) is 0 Å². The first-order chi connectivity index (χ1) is 20.6. The number of piperidine rings is 1. The highest BCUT2D eigenvalue weighted by molar-refractivity contribution is 7.16. The molecule has 1 saturated heterocycles. The van der Waals surface area contributed by atoms with E-state index in [1.165, 1.54) is 17.4 Å². The summed E-state index contributed by atoms with van der Waals surface area (Å²) in [5.41, 5.74) is 2.58. The van der Waals surface area contributed by atoms with Crippen molar-refractivity contribution in [2.75, 3.05) is 33.8 Å². The van der Waals surface area contributed by atoms with Gasteiger partial charge in [-0.05, 0) is 46.0 Å². The monoisotopic (exact) mass is 657 g/mol. The number of likely N-dealkylation sites (tertiary alicyclic amines) is 1. The van der Waals surface area contributed by atoms with E-state index in [1.54, 1.807) is 6.20 Å². The molecule has 0 saturated carbocycles. The summed E-state index contributed by atoms with van der Waals surface area (Å²) >= 11 is 7.36. The minimum Gasteiger partial charge on any atom is -0.479 e. The van der Waals surface area contributed by atoms with Crippen molar-refractivity contribution in [3.8, 4) is 5.82 Å². The van der Waals surface area contributed by atoms with Gasteiger partial charge in [0.15, 0.2) is 18.0 Å². The second-order valence-electron chi connectivity index (χ2n) is 11.0. The van der Waals surface area contributed by atoms with Gasteiger partial charge in [-0.15, -0.1) is 11.3 Å². The normalized spacial score (nSPS) is 18.8. The van der Waals surface area contributed by atoms with Gasteiger partial charge >= 0.3 is 11.9 Å². The number of aromatic nitrogens is 3. The first-order valence-electron chi connectivity index (χ1n) is 13.6. The van der Waals surface area contributed by atoms with Gasteiger partial charge in [0.05, 0.1) is 10.0 Å². The lowest BCUT2D eigenvalue weighted by Crippen LogP contribution is -2.48. The Hall–Kier alpha value is -3.05. The number of nitrogens with zero attached hydrogens (tertiary/aromatic N) is 5. The molecule has 12 nitrogen and oxygen atoms in total. The molecule has 44 heavy (non-hydrogen) atoms. The summed E-state index contributed by atoms with van der Waals surface area (Å²) in [6.45, 7) is 4.45. The number of carbonyl (C=O) groups is 2.